The normalized spacial score (nSPS) is 11.5. The van der Waals surface area contributed by atoms with Crippen molar-refractivity contribution in [3.05, 3.63) is 102 Å². The summed E-state index contributed by atoms with van der Waals surface area (Å²) >= 11 is 0. The fraction of sp³-hybridized carbons (Fsp3) is 0.0476. The summed E-state index contributed by atoms with van der Waals surface area (Å²) in [6, 6.07) is 23.5. The van der Waals surface area contributed by atoms with Crippen molar-refractivity contribution < 1.29 is 19.4 Å². The molecule has 3 aromatic carbocycles. The molecule has 0 aromatic heterocycles. The zero-order valence-electron chi connectivity index (χ0n) is 13.3. The van der Waals surface area contributed by atoms with Crippen molar-refractivity contribution in [2.24, 2.45) is 0 Å². The fourth-order valence-corrected chi connectivity index (χ4v) is 2.47. The maximum Gasteiger partial charge on any atom is 0.342 e. The van der Waals surface area contributed by atoms with Crippen LogP contribution in [0.4, 0.5) is 0 Å². The number of hydrogen-bond donors (Lipinski definition) is 1. The number of hydrogen-bond acceptors (Lipinski definition) is 4. The number of phenolic OH excluding ortho intramolecular Hbond substituents is 1. The van der Waals surface area contributed by atoms with Crippen molar-refractivity contribution in [2.75, 3.05) is 0 Å². The molecule has 0 amide bonds. The minimum Gasteiger partial charge on any atom is -0.507 e. The summed E-state index contributed by atoms with van der Waals surface area (Å²) < 4.78 is 5.47. The van der Waals surface area contributed by atoms with E-state index in [-0.39, 0.29) is 17.1 Å². The molecular formula is C21H16O4. The van der Waals surface area contributed by atoms with Crippen LogP contribution in [0, 0.1) is 0 Å². The summed E-state index contributed by atoms with van der Waals surface area (Å²) in [4.78, 5) is 25.3. The van der Waals surface area contributed by atoms with E-state index in [2.05, 4.69) is 0 Å². The van der Waals surface area contributed by atoms with Gasteiger partial charge in [0, 0.05) is 11.1 Å². The van der Waals surface area contributed by atoms with Crippen molar-refractivity contribution in [1.82, 2.24) is 0 Å². The third-order valence-electron chi connectivity index (χ3n) is 3.75. The lowest BCUT2D eigenvalue weighted by Crippen LogP contribution is -2.20. The number of ketones is 1. The number of para-hydroxylation sites is 1. The topological polar surface area (TPSA) is 63.6 Å². The predicted molar refractivity (Wildman–Crippen MR) is 93.5 cm³/mol. The summed E-state index contributed by atoms with van der Waals surface area (Å²) in [6.07, 6.45) is -1.09. The molecule has 4 heteroatoms. The molecule has 1 N–H and O–H groups in total. The molecule has 0 heterocycles. The van der Waals surface area contributed by atoms with Crippen LogP contribution in [0.2, 0.25) is 0 Å². The molecule has 0 saturated carbocycles. The van der Waals surface area contributed by atoms with Gasteiger partial charge in [-0.05, 0) is 12.1 Å². The molecular weight excluding hydrogens is 316 g/mol. The second-order valence-corrected chi connectivity index (χ2v) is 5.44. The quantitative estimate of drug-likeness (QED) is 0.562. The van der Waals surface area contributed by atoms with E-state index in [1.807, 2.05) is 12.1 Å². The van der Waals surface area contributed by atoms with Gasteiger partial charge < -0.3 is 9.84 Å². The Morgan fingerprint density at radius 1 is 0.760 bits per heavy atom. The van der Waals surface area contributed by atoms with Crippen LogP contribution in [-0.2, 0) is 4.74 Å². The number of rotatable bonds is 5. The van der Waals surface area contributed by atoms with Gasteiger partial charge in [0.05, 0.1) is 0 Å². The lowest BCUT2D eigenvalue weighted by molar-refractivity contribution is 0.0277. The minimum atomic E-state index is -1.09. The molecule has 25 heavy (non-hydrogen) atoms. The number of aromatic hydroxyl groups is 1. The van der Waals surface area contributed by atoms with Crippen molar-refractivity contribution in [3.63, 3.8) is 0 Å². The molecule has 3 rings (SSSR count). The van der Waals surface area contributed by atoms with E-state index in [0.717, 1.165) is 0 Å². The number of carbonyl (C=O) groups is 2. The van der Waals surface area contributed by atoms with Crippen LogP contribution in [0.1, 0.15) is 32.4 Å². The maximum atomic E-state index is 12.9. The molecule has 0 bridgehead atoms. The highest BCUT2D eigenvalue weighted by Crippen LogP contribution is 2.26. The minimum absolute atomic E-state index is 0.0179. The third kappa shape index (κ3) is 3.75. The van der Waals surface area contributed by atoms with Gasteiger partial charge in [-0.1, -0.05) is 72.8 Å². The predicted octanol–water partition coefficient (Wildman–Crippen LogP) is 4.17. The summed E-state index contributed by atoms with van der Waals surface area (Å²) in [7, 11) is 0. The Hall–Kier alpha value is -3.40. The van der Waals surface area contributed by atoms with Gasteiger partial charge in [0.1, 0.15) is 11.3 Å². The average molecular weight is 332 g/mol. The fourth-order valence-electron chi connectivity index (χ4n) is 2.47. The van der Waals surface area contributed by atoms with Gasteiger partial charge in [-0.25, -0.2) is 4.79 Å². The highest BCUT2D eigenvalue weighted by atomic mass is 16.5. The summed E-state index contributed by atoms with van der Waals surface area (Å²) in [5, 5.41) is 9.83. The van der Waals surface area contributed by atoms with Gasteiger partial charge in [-0.2, -0.15) is 0 Å². The Kier molecular flexibility index (Phi) is 4.90. The van der Waals surface area contributed by atoms with Crippen molar-refractivity contribution in [2.45, 2.75) is 6.10 Å². The van der Waals surface area contributed by atoms with Crippen LogP contribution >= 0.6 is 0 Å². The Labute approximate surface area is 145 Å². The second-order valence-electron chi connectivity index (χ2n) is 5.44. The second kappa shape index (κ2) is 7.45. The van der Waals surface area contributed by atoms with Crippen LogP contribution < -0.4 is 0 Å². The number of benzene rings is 3. The van der Waals surface area contributed by atoms with E-state index in [4.69, 9.17) is 4.74 Å². The van der Waals surface area contributed by atoms with Gasteiger partial charge in [-0.3, -0.25) is 4.79 Å². The Morgan fingerprint density at radius 2 is 1.32 bits per heavy atom. The molecule has 0 fully saturated rings. The first-order valence-corrected chi connectivity index (χ1v) is 7.80. The first-order chi connectivity index (χ1) is 12.2. The molecule has 124 valence electrons. The molecule has 0 aliphatic rings. The maximum absolute atomic E-state index is 12.9. The standard InChI is InChI=1S/C21H16O4/c22-18-14-8-7-13-17(18)21(24)25-20(16-11-5-2-6-12-16)19(23)15-9-3-1-4-10-15/h1-14,20,22H/t20-/m1/s1. The molecule has 0 radical (unpaired) electrons. The van der Waals surface area contributed by atoms with E-state index in [1.165, 1.54) is 12.1 Å². The summed E-state index contributed by atoms with van der Waals surface area (Å²) in [5.74, 6) is -1.27. The van der Waals surface area contributed by atoms with E-state index in [0.29, 0.717) is 11.1 Å². The molecule has 0 unspecified atom stereocenters. The van der Waals surface area contributed by atoms with Crippen LogP contribution in [0.3, 0.4) is 0 Å². The number of phenols is 1. The molecule has 4 nitrogen and oxygen atoms in total. The molecule has 0 aliphatic heterocycles. The molecule has 0 aliphatic carbocycles. The van der Waals surface area contributed by atoms with Crippen molar-refractivity contribution in [3.8, 4) is 5.75 Å². The van der Waals surface area contributed by atoms with Gasteiger partial charge in [0.15, 0.2) is 6.10 Å². The number of Topliss-reactive ketones (excluding diaryl/α,β-unsaturated/α-hetero) is 1. The highest BCUT2D eigenvalue weighted by Gasteiger charge is 2.27. The Morgan fingerprint density at radius 3 is 1.96 bits per heavy atom. The zero-order chi connectivity index (χ0) is 17.6. The Bertz CT molecular complexity index is 873. The number of esters is 1. The van der Waals surface area contributed by atoms with E-state index in [9.17, 15) is 14.7 Å². The van der Waals surface area contributed by atoms with Crippen molar-refractivity contribution >= 4 is 11.8 Å². The molecule has 3 aromatic rings. The van der Waals surface area contributed by atoms with Gasteiger partial charge in [0.2, 0.25) is 5.78 Å². The van der Waals surface area contributed by atoms with Crippen LogP contribution in [0.5, 0.6) is 5.75 Å². The van der Waals surface area contributed by atoms with Crippen molar-refractivity contribution in [1.29, 1.82) is 0 Å². The number of carbonyl (C=O) groups excluding carboxylic acids is 2. The first kappa shape index (κ1) is 16.5. The number of ether oxygens (including phenoxy) is 1. The van der Waals surface area contributed by atoms with Gasteiger partial charge in [0.25, 0.3) is 0 Å². The summed E-state index contributed by atoms with van der Waals surface area (Å²) in [6.45, 7) is 0. The third-order valence-corrected chi connectivity index (χ3v) is 3.75. The lowest BCUT2D eigenvalue weighted by Gasteiger charge is -2.18. The monoisotopic (exact) mass is 332 g/mol. The van der Waals surface area contributed by atoms with Crippen LogP contribution in [0.15, 0.2) is 84.9 Å². The first-order valence-electron chi connectivity index (χ1n) is 7.80. The SMILES string of the molecule is O=C(O[C@@H](C(=O)c1ccccc1)c1ccccc1)c1ccccc1O. The summed E-state index contributed by atoms with van der Waals surface area (Å²) in [5.41, 5.74) is 1.03. The highest BCUT2D eigenvalue weighted by molar-refractivity contribution is 6.02. The molecule has 0 saturated heterocycles. The lowest BCUT2D eigenvalue weighted by atomic mass is 9.99. The molecule has 1 atom stereocenters. The smallest absolute Gasteiger partial charge is 0.342 e. The van der Waals surface area contributed by atoms with Crippen LogP contribution in [0.25, 0.3) is 0 Å². The van der Waals surface area contributed by atoms with Crippen LogP contribution in [-0.4, -0.2) is 16.9 Å². The zero-order valence-corrected chi connectivity index (χ0v) is 13.3. The van der Waals surface area contributed by atoms with E-state index < -0.39 is 12.1 Å². The Balaban J connectivity index is 1.94. The largest absolute Gasteiger partial charge is 0.507 e. The molecule has 0 spiro atoms. The van der Waals surface area contributed by atoms with Gasteiger partial charge in [-0.15, -0.1) is 0 Å². The van der Waals surface area contributed by atoms with Gasteiger partial charge >= 0.3 is 5.97 Å². The average Bonchev–Trinajstić information content (AvgIpc) is 2.67. The van der Waals surface area contributed by atoms with E-state index >= 15 is 0 Å². The van der Waals surface area contributed by atoms with E-state index in [1.54, 1.807) is 60.7 Å².